The van der Waals surface area contributed by atoms with Crippen LogP contribution in [0.5, 0.6) is 0 Å². The van der Waals surface area contributed by atoms with Gasteiger partial charge in [-0.2, -0.15) is 0 Å². The predicted molar refractivity (Wildman–Crippen MR) is 124 cm³/mol. The number of Topliss-reactive ketones (excluding diaryl/α,β-unsaturated/α-hetero) is 1. The van der Waals surface area contributed by atoms with E-state index in [-0.39, 0.29) is 18.2 Å². The van der Waals surface area contributed by atoms with E-state index in [1.165, 1.54) is 0 Å². The summed E-state index contributed by atoms with van der Waals surface area (Å²) in [6.45, 7) is 3.49. The van der Waals surface area contributed by atoms with E-state index in [9.17, 15) is 14.4 Å². The number of nitrogens with one attached hydrogen (secondary N) is 1. The molecule has 0 saturated carbocycles. The van der Waals surface area contributed by atoms with E-state index in [0.717, 1.165) is 27.2 Å². The number of benzene rings is 3. The first-order valence-electron chi connectivity index (χ1n) is 10.7. The van der Waals surface area contributed by atoms with Crippen LogP contribution < -0.4 is 5.32 Å². The van der Waals surface area contributed by atoms with Crippen LogP contribution in [-0.2, 0) is 17.6 Å². The van der Waals surface area contributed by atoms with Gasteiger partial charge in [-0.3, -0.25) is 14.5 Å². The van der Waals surface area contributed by atoms with Crippen molar-refractivity contribution in [3.05, 3.63) is 107 Å². The molecule has 1 saturated heterocycles. The molecule has 3 aromatic carbocycles. The van der Waals surface area contributed by atoms with Crippen LogP contribution in [0, 0.1) is 13.8 Å². The van der Waals surface area contributed by atoms with Crippen molar-refractivity contribution in [1.29, 1.82) is 0 Å². The van der Waals surface area contributed by atoms with Crippen LogP contribution in [0.3, 0.4) is 0 Å². The highest BCUT2D eigenvalue weighted by atomic mass is 16.2. The zero-order valence-electron chi connectivity index (χ0n) is 18.3. The maximum atomic E-state index is 13.7. The average molecular weight is 427 g/mol. The smallest absolute Gasteiger partial charge is 0.322 e. The molecule has 0 bridgehead atoms. The standard InChI is InChI=1S/C27H26N2O3/c1-19-13-14-20(2)23(15-19)24(30)18-29-25(31)27(28-26(29)32,16-21-9-5-3-6-10-21)17-22-11-7-4-8-12-22/h3-15H,16-18H2,1-2H3,(H,28,32). The molecular formula is C27H26N2O3. The van der Waals surface area contributed by atoms with Crippen molar-refractivity contribution in [2.24, 2.45) is 0 Å². The molecule has 3 aromatic rings. The Morgan fingerprint density at radius 3 is 1.97 bits per heavy atom. The second kappa shape index (κ2) is 8.79. The lowest BCUT2D eigenvalue weighted by atomic mass is 9.84. The van der Waals surface area contributed by atoms with Gasteiger partial charge in [0.2, 0.25) is 0 Å². The fourth-order valence-corrected chi connectivity index (χ4v) is 4.28. The summed E-state index contributed by atoms with van der Waals surface area (Å²) in [4.78, 5) is 40.7. The quantitative estimate of drug-likeness (QED) is 0.453. The fraction of sp³-hybridized carbons (Fsp3) is 0.222. The second-order valence-electron chi connectivity index (χ2n) is 8.47. The van der Waals surface area contributed by atoms with Gasteiger partial charge in [0.1, 0.15) is 5.54 Å². The molecule has 1 N–H and O–H groups in total. The van der Waals surface area contributed by atoms with Gasteiger partial charge in [-0.05, 0) is 36.6 Å². The maximum absolute atomic E-state index is 13.7. The lowest BCUT2D eigenvalue weighted by Crippen LogP contribution is -2.51. The molecule has 4 rings (SSSR count). The Labute approximate surface area is 188 Å². The predicted octanol–water partition coefficient (Wildman–Crippen LogP) is 4.26. The molecule has 1 aliphatic heterocycles. The summed E-state index contributed by atoms with van der Waals surface area (Å²) >= 11 is 0. The molecule has 5 nitrogen and oxygen atoms in total. The summed E-state index contributed by atoms with van der Waals surface area (Å²) in [7, 11) is 0. The Balaban J connectivity index is 1.64. The lowest BCUT2D eigenvalue weighted by Gasteiger charge is -2.27. The Hall–Kier alpha value is -3.73. The molecular weight excluding hydrogens is 400 g/mol. The normalized spacial score (nSPS) is 15.0. The number of imide groups is 1. The van der Waals surface area contributed by atoms with Gasteiger partial charge in [0.25, 0.3) is 5.91 Å². The highest BCUT2D eigenvalue weighted by Gasteiger charge is 2.51. The Morgan fingerprint density at radius 2 is 1.41 bits per heavy atom. The van der Waals surface area contributed by atoms with Gasteiger partial charge in [0, 0.05) is 18.4 Å². The highest BCUT2D eigenvalue weighted by Crippen LogP contribution is 2.28. The third-order valence-electron chi connectivity index (χ3n) is 5.94. The molecule has 1 heterocycles. The molecule has 0 unspecified atom stereocenters. The van der Waals surface area contributed by atoms with E-state index < -0.39 is 11.6 Å². The van der Waals surface area contributed by atoms with Gasteiger partial charge in [0.15, 0.2) is 5.78 Å². The van der Waals surface area contributed by atoms with E-state index in [1.54, 1.807) is 6.07 Å². The molecule has 3 amide bonds. The average Bonchev–Trinajstić information content (AvgIpc) is 3.00. The minimum Gasteiger partial charge on any atom is -0.322 e. The topological polar surface area (TPSA) is 66.5 Å². The molecule has 32 heavy (non-hydrogen) atoms. The molecule has 1 fully saturated rings. The summed E-state index contributed by atoms with van der Waals surface area (Å²) in [6, 6.07) is 24.3. The molecule has 0 aliphatic carbocycles. The highest BCUT2D eigenvalue weighted by molar-refractivity contribution is 6.11. The molecule has 0 spiro atoms. The van der Waals surface area contributed by atoms with Crippen molar-refractivity contribution >= 4 is 17.7 Å². The minimum absolute atomic E-state index is 0.245. The Morgan fingerprint density at radius 1 is 0.844 bits per heavy atom. The summed E-state index contributed by atoms with van der Waals surface area (Å²) in [6.07, 6.45) is 0.697. The number of ketones is 1. The number of carbonyl (C=O) groups is 3. The first-order valence-corrected chi connectivity index (χ1v) is 10.7. The number of amides is 3. The van der Waals surface area contributed by atoms with Crippen molar-refractivity contribution < 1.29 is 14.4 Å². The molecule has 0 radical (unpaired) electrons. The summed E-state index contributed by atoms with van der Waals surface area (Å²) in [5.41, 5.74) is 3.07. The van der Waals surface area contributed by atoms with Gasteiger partial charge in [-0.1, -0.05) is 78.4 Å². The zero-order valence-corrected chi connectivity index (χ0v) is 18.3. The summed E-state index contributed by atoms with van der Waals surface area (Å²) in [5, 5.41) is 2.93. The molecule has 0 atom stereocenters. The lowest BCUT2D eigenvalue weighted by molar-refractivity contribution is -0.131. The molecule has 1 aliphatic rings. The third kappa shape index (κ3) is 4.33. The van der Waals surface area contributed by atoms with Crippen LogP contribution in [-0.4, -0.2) is 34.7 Å². The van der Waals surface area contributed by atoms with Crippen LogP contribution >= 0.6 is 0 Å². The van der Waals surface area contributed by atoms with Gasteiger partial charge in [-0.25, -0.2) is 4.79 Å². The number of urea groups is 1. The zero-order chi connectivity index (χ0) is 22.7. The van der Waals surface area contributed by atoms with Crippen LogP contribution in [0.2, 0.25) is 0 Å². The van der Waals surface area contributed by atoms with E-state index in [1.807, 2.05) is 86.6 Å². The summed E-state index contributed by atoms with van der Waals surface area (Å²) in [5.74, 6) is -0.612. The molecule has 0 aromatic heterocycles. The Bertz CT molecular complexity index is 1110. The second-order valence-corrected chi connectivity index (χ2v) is 8.47. The largest absolute Gasteiger partial charge is 0.325 e. The van der Waals surface area contributed by atoms with E-state index >= 15 is 0 Å². The van der Waals surface area contributed by atoms with Crippen molar-refractivity contribution in [2.75, 3.05) is 6.54 Å². The van der Waals surface area contributed by atoms with Gasteiger partial charge >= 0.3 is 6.03 Å². The number of rotatable bonds is 7. The van der Waals surface area contributed by atoms with Crippen LogP contribution in [0.15, 0.2) is 78.9 Å². The fourth-order valence-electron chi connectivity index (χ4n) is 4.28. The van der Waals surface area contributed by atoms with Crippen molar-refractivity contribution in [2.45, 2.75) is 32.2 Å². The number of nitrogens with zero attached hydrogens (tertiary/aromatic N) is 1. The van der Waals surface area contributed by atoms with Gasteiger partial charge in [-0.15, -0.1) is 0 Å². The van der Waals surface area contributed by atoms with Crippen LogP contribution in [0.4, 0.5) is 4.79 Å². The van der Waals surface area contributed by atoms with E-state index in [4.69, 9.17) is 0 Å². The minimum atomic E-state index is -1.14. The first-order chi connectivity index (χ1) is 15.4. The SMILES string of the molecule is Cc1ccc(C)c(C(=O)CN2C(=O)NC(Cc3ccccc3)(Cc3ccccc3)C2=O)c1. The van der Waals surface area contributed by atoms with Crippen LogP contribution in [0.25, 0.3) is 0 Å². The van der Waals surface area contributed by atoms with E-state index in [2.05, 4.69) is 5.32 Å². The number of carbonyl (C=O) groups excluding carboxylic acids is 3. The molecule has 162 valence electrons. The Kier molecular flexibility index (Phi) is 5.91. The number of aryl methyl sites for hydroxylation is 2. The van der Waals surface area contributed by atoms with Crippen molar-refractivity contribution in [1.82, 2.24) is 10.2 Å². The van der Waals surface area contributed by atoms with E-state index in [0.29, 0.717) is 18.4 Å². The number of hydrogen-bond acceptors (Lipinski definition) is 3. The maximum Gasteiger partial charge on any atom is 0.325 e. The van der Waals surface area contributed by atoms with Crippen LogP contribution in [0.1, 0.15) is 32.6 Å². The first kappa shape index (κ1) is 21.5. The summed E-state index contributed by atoms with van der Waals surface area (Å²) < 4.78 is 0. The van der Waals surface area contributed by atoms with Crippen molar-refractivity contribution in [3.63, 3.8) is 0 Å². The number of hydrogen-bond donors (Lipinski definition) is 1. The van der Waals surface area contributed by atoms with Gasteiger partial charge in [0.05, 0.1) is 6.54 Å². The van der Waals surface area contributed by atoms with Gasteiger partial charge < -0.3 is 5.32 Å². The monoisotopic (exact) mass is 426 g/mol. The molecule has 5 heteroatoms. The van der Waals surface area contributed by atoms with Crippen molar-refractivity contribution in [3.8, 4) is 0 Å². The third-order valence-corrected chi connectivity index (χ3v) is 5.94.